The van der Waals surface area contributed by atoms with Gasteiger partial charge in [-0.05, 0) is 62.8 Å². The number of phenols is 1. The summed E-state index contributed by atoms with van der Waals surface area (Å²) in [5.41, 5.74) is 1.32. The second-order valence-corrected chi connectivity index (χ2v) is 5.80. The summed E-state index contributed by atoms with van der Waals surface area (Å²) in [6.45, 7) is 7.23. The molecule has 1 aromatic rings. The van der Waals surface area contributed by atoms with Gasteiger partial charge in [-0.2, -0.15) is 0 Å². The number of aromatic hydroxyl groups is 1. The second-order valence-electron chi connectivity index (χ2n) is 5.80. The summed E-state index contributed by atoms with van der Waals surface area (Å²) in [5, 5.41) is 9.26. The molecule has 100 valence electrons. The van der Waals surface area contributed by atoms with Crippen molar-refractivity contribution in [1.82, 2.24) is 4.90 Å². The van der Waals surface area contributed by atoms with Gasteiger partial charge in [0, 0.05) is 12.6 Å². The predicted molar refractivity (Wildman–Crippen MR) is 75.9 cm³/mol. The Kier molecular flexibility index (Phi) is 4.65. The van der Waals surface area contributed by atoms with Crippen molar-refractivity contribution in [2.75, 3.05) is 13.1 Å². The molecule has 1 N–H and O–H groups in total. The van der Waals surface area contributed by atoms with Crippen LogP contribution in [0.2, 0.25) is 0 Å². The maximum Gasteiger partial charge on any atom is 0.115 e. The third-order valence-electron chi connectivity index (χ3n) is 4.10. The van der Waals surface area contributed by atoms with Gasteiger partial charge in [0.1, 0.15) is 5.75 Å². The number of phenolic OH excluding ortho intramolecular Hbond substituents is 1. The van der Waals surface area contributed by atoms with E-state index in [4.69, 9.17) is 0 Å². The minimum absolute atomic E-state index is 0.358. The predicted octanol–water partition coefficient (Wildman–Crippen LogP) is 3.45. The Balaban J connectivity index is 1.80. The van der Waals surface area contributed by atoms with Crippen LogP contribution in [0.25, 0.3) is 0 Å². The van der Waals surface area contributed by atoms with Crippen LogP contribution < -0.4 is 0 Å². The Morgan fingerprint density at radius 2 is 2.06 bits per heavy atom. The molecular formula is C16H25NO. The van der Waals surface area contributed by atoms with Gasteiger partial charge in [0.05, 0.1) is 0 Å². The molecule has 2 rings (SSSR count). The number of piperidine rings is 1. The summed E-state index contributed by atoms with van der Waals surface area (Å²) in [4.78, 5) is 2.63. The normalized spacial score (nSPS) is 22.9. The van der Waals surface area contributed by atoms with Crippen molar-refractivity contribution >= 4 is 0 Å². The number of likely N-dealkylation sites (tertiary alicyclic amines) is 1. The molecular weight excluding hydrogens is 222 g/mol. The lowest BCUT2D eigenvalue weighted by Gasteiger charge is -2.35. The number of rotatable bonds is 4. The van der Waals surface area contributed by atoms with E-state index in [-0.39, 0.29) is 0 Å². The molecule has 2 nitrogen and oxygen atoms in total. The smallest absolute Gasteiger partial charge is 0.115 e. The largest absolute Gasteiger partial charge is 0.508 e. The first-order valence-corrected chi connectivity index (χ1v) is 7.17. The van der Waals surface area contributed by atoms with Gasteiger partial charge in [0.2, 0.25) is 0 Å². The Hall–Kier alpha value is -1.02. The van der Waals surface area contributed by atoms with Crippen molar-refractivity contribution in [3.05, 3.63) is 29.8 Å². The summed E-state index contributed by atoms with van der Waals surface area (Å²) in [7, 11) is 0. The molecule has 1 heterocycles. The third kappa shape index (κ3) is 3.74. The van der Waals surface area contributed by atoms with Crippen LogP contribution in [0.4, 0.5) is 0 Å². The summed E-state index contributed by atoms with van der Waals surface area (Å²) in [5.74, 6) is 1.21. The van der Waals surface area contributed by atoms with Crippen molar-refractivity contribution in [1.29, 1.82) is 0 Å². The van der Waals surface area contributed by atoms with Gasteiger partial charge >= 0.3 is 0 Å². The van der Waals surface area contributed by atoms with E-state index in [9.17, 15) is 5.11 Å². The van der Waals surface area contributed by atoms with Gasteiger partial charge in [-0.3, -0.25) is 0 Å². The van der Waals surface area contributed by atoms with E-state index in [0.717, 1.165) is 12.3 Å². The van der Waals surface area contributed by atoms with Gasteiger partial charge < -0.3 is 10.0 Å². The Bertz CT molecular complexity index is 360. The molecule has 1 fully saturated rings. The molecule has 18 heavy (non-hydrogen) atoms. The highest BCUT2D eigenvalue weighted by Gasteiger charge is 2.20. The summed E-state index contributed by atoms with van der Waals surface area (Å²) < 4.78 is 0. The van der Waals surface area contributed by atoms with Crippen molar-refractivity contribution in [3.8, 4) is 5.75 Å². The van der Waals surface area contributed by atoms with Crippen LogP contribution in [0, 0.1) is 5.92 Å². The van der Waals surface area contributed by atoms with E-state index >= 15 is 0 Å². The Morgan fingerprint density at radius 1 is 1.33 bits per heavy atom. The number of aryl methyl sites for hydroxylation is 1. The standard InChI is InChI=1S/C16H25NO/c1-13-4-3-11-17(12-13)14(2)5-6-15-7-9-16(18)10-8-15/h7-10,13-14,18H,3-6,11-12H2,1-2H3. The number of benzene rings is 1. The fourth-order valence-corrected chi connectivity index (χ4v) is 2.85. The number of nitrogens with zero attached hydrogens (tertiary/aromatic N) is 1. The zero-order valence-corrected chi connectivity index (χ0v) is 11.6. The number of hydrogen-bond acceptors (Lipinski definition) is 2. The van der Waals surface area contributed by atoms with Crippen LogP contribution in [0.3, 0.4) is 0 Å². The lowest BCUT2D eigenvalue weighted by molar-refractivity contribution is 0.133. The topological polar surface area (TPSA) is 23.5 Å². The molecule has 0 spiro atoms. The van der Waals surface area contributed by atoms with E-state index in [0.29, 0.717) is 11.8 Å². The fraction of sp³-hybridized carbons (Fsp3) is 0.625. The highest BCUT2D eigenvalue weighted by Crippen LogP contribution is 2.20. The first-order chi connectivity index (χ1) is 8.65. The molecule has 2 atom stereocenters. The fourth-order valence-electron chi connectivity index (χ4n) is 2.85. The van der Waals surface area contributed by atoms with Gasteiger partial charge in [-0.15, -0.1) is 0 Å². The molecule has 0 saturated carbocycles. The monoisotopic (exact) mass is 247 g/mol. The highest BCUT2D eigenvalue weighted by atomic mass is 16.3. The molecule has 0 amide bonds. The zero-order valence-electron chi connectivity index (χ0n) is 11.6. The Labute approximate surface area is 111 Å². The van der Waals surface area contributed by atoms with Gasteiger partial charge in [-0.25, -0.2) is 0 Å². The zero-order chi connectivity index (χ0) is 13.0. The maximum absolute atomic E-state index is 9.26. The van der Waals surface area contributed by atoms with E-state index in [1.807, 2.05) is 12.1 Å². The van der Waals surface area contributed by atoms with Gasteiger partial charge in [-0.1, -0.05) is 19.1 Å². The quantitative estimate of drug-likeness (QED) is 0.881. The molecule has 1 aliphatic heterocycles. The molecule has 1 aliphatic rings. The minimum Gasteiger partial charge on any atom is -0.508 e. The maximum atomic E-state index is 9.26. The highest BCUT2D eigenvalue weighted by molar-refractivity contribution is 5.25. The molecule has 1 aromatic carbocycles. The van der Waals surface area contributed by atoms with E-state index in [1.165, 1.54) is 37.9 Å². The van der Waals surface area contributed by atoms with Crippen LogP contribution in [0.15, 0.2) is 24.3 Å². The van der Waals surface area contributed by atoms with Crippen molar-refractivity contribution in [2.45, 2.75) is 45.6 Å². The average Bonchev–Trinajstić information content (AvgIpc) is 2.38. The van der Waals surface area contributed by atoms with Crippen LogP contribution >= 0.6 is 0 Å². The molecule has 2 unspecified atom stereocenters. The van der Waals surface area contributed by atoms with Crippen LogP contribution in [-0.2, 0) is 6.42 Å². The van der Waals surface area contributed by atoms with E-state index < -0.39 is 0 Å². The van der Waals surface area contributed by atoms with Crippen LogP contribution in [0.5, 0.6) is 5.75 Å². The van der Waals surface area contributed by atoms with Gasteiger partial charge in [0.15, 0.2) is 0 Å². The molecule has 0 radical (unpaired) electrons. The average molecular weight is 247 g/mol. The molecule has 0 aromatic heterocycles. The van der Waals surface area contributed by atoms with Crippen molar-refractivity contribution in [3.63, 3.8) is 0 Å². The molecule has 2 heteroatoms. The summed E-state index contributed by atoms with van der Waals surface area (Å²) in [6.07, 6.45) is 5.05. The third-order valence-corrected chi connectivity index (χ3v) is 4.10. The Morgan fingerprint density at radius 3 is 2.72 bits per heavy atom. The van der Waals surface area contributed by atoms with Crippen molar-refractivity contribution < 1.29 is 5.11 Å². The minimum atomic E-state index is 0.358. The SMILES string of the molecule is CC1CCCN(C(C)CCc2ccc(O)cc2)C1. The second kappa shape index (κ2) is 6.24. The number of hydrogen-bond donors (Lipinski definition) is 1. The molecule has 1 saturated heterocycles. The van der Waals surface area contributed by atoms with Gasteiger partial charge in [0.25, 0.3) is 0 Å². The summed E-state index contributed by atoms with van der Waals surface area (Å²) >= 11 is 0. The van der Waals surface area contributed by atoms with E-state index in [1.54, 1.807) is 12.1 Å². The lowest BCUT2D eigenvalue weighted by Crippen LogP contribution is -2.40. The first kappa shape index (κ1) is 13.4. The lowest BCUT2D eigenvalue weighted by atomic mass is 9.97. The van der Waals surface area contributed by atoms with Crippen LogP contribution in [0.1, 0.15) is 38.7 Å². The first-order valence-electron chi connectivity index (χ1n) is 7.17. The summed E-state index contributed by atoms with van der Waals surface area (Å²) in [6, 6.07) is 8.29. The van der Waals surface area contributed by atoms with E-state index in [2.05, 4.69) is 18.7 Å². The molecule has 0 bridgehead atoms. The van der Waals surface area contributed by atoms with Crippen molar-refractivity contribution in [2.24, 2.45) is 5.92 Å². The molecule has 0 aliphatic carbocycles. The van der Waals surface area contributed by atoms with Crippen LogP contribution in [-0.4, -0.2) is 29.1 Å².